The van der Waals surface area contributed by atoms with Crippen molar-refractivity contribution in [1.82, 2.24) is 19.9 Å². The largest absolute Gasteiger partial charge is 0.338 e. The number of rotatable bonds is 2. The summed E-state index contributed by atoms with van der Waals surface area (Å²) in [5.41, 5.74) is 6.68. The van der Waals surface area contributed by atoms with Crippen LogP contribution in [0.1, 0.15) is 17.5 Å². The first-order valence-corrected chi connectivity index (χ1v) is 3.78. The fourth-order valence-corrected chi connectivity index (χ4v) is 1.06. The van der Waals surface area contributed by atoms with E-state index in [9.17, 15) is 0 Å². The predicted molar refractivity (Wildman–Crippen MR) is 43.5 cm³/mol. The molecule has 0 fully saturated rings. The van der Waals surface area contributed by atoms with Gasteiger partial charge in [-0.3, -0.25) is 4.68 Å². The van der Waals surface area contributed by atoms with Crippen LogP contribution >= 0.6 is 0 Å². The first-order valence-electron chi connectivity index (χ1n) is 3.78. The summed E-state index contributed by atoms with van der Waals surface area (Å²) in [5.74, 6) is 0.396. The topological polar surface area (TPSA) is 82.8 Å². The zero-order valence-electron chi connectivity index (χ0n) is 7.08. The zero-order valence-corrected chi connectivity index (χ0v) is 7.08. The molecule has 0 aromatic carbocycles. The van der Waals surface area contributed by atoms with Gasteiger partial charge in [0.05, 0.1) is 6.20 Å². The van der Waals surface area contributed by atoms with Gasteiger partial charge in [-0.15, -0.1) is 0 Å². The van der Waals surface area contributed by atoms with Gasteiger partial charge in [-0.25, -0.2) is 0 Å². The van der Waals surface area contributed by atoms with Crippen LogP contribution in [0.25, 0.3) is 0 Å². The van der Waals surface area contributed by atoms with E-state index in [1.54, 1.807) is 10.9 Å². The molecule has 1 atom stereocenters. The van der Waals surface area contributed by atoms with Crippen molar-refractivity contribution in [2.45, 2.75) is 6.04 Å². The Morgan fingerprint density at radius 3 is 3.00 bits per heavy atom. The smallest absolute Gasteiger partial charge is 0.247 e. The number of hydrogen-bond acceptors (Lipinski definition) is 5. The fourth-order valence-electron chi connectivity index (χ4n) is 1.06. The molecule has 68 valence electrons. The van der Waals surface area contributed by atoms with Gasteiger partial charge < -0.3 is 10.3 Å². The first-order chi connectivity index (χ1) is 6.27. The molecule has 0 radical (unpaired) electrons. The van der Waals surface area contributed by atoms with Crippen LogP contribution in [0, 0.1) is 0 Å². The third kappa shape index (κ3) is 1.43. The Bertz CT molecular complexity index is 379. The summed E-state index contributed by atoms with van der Waals surface area (Å²) in [5, 5.41) is 7.48. The predicted octanol–water partition coefficient (Wildman–Crippen LogP) is -0.149. The van der Waals surface area contributed by atoms with Crippen LogP contribution in [0.3, 0.4) is 0 Å². The molecule has 6 heteroatoms. The molecule has 0 aliphatic heterocycles. The number of nitrogens with zero attached hydrogens (tertiary/aromatic N) is 4. The molecule has 2 rings (SSSR count). The number of hydrogen-bond donors (Lipinski definition) is 1. The minimum absolute atomic E-state index is 0.392. The summed E-state index contributed by atoms with van der Waals surface area (Å²) in [6.45, 7) is 0. The molecular weight excluding hydrogens is 170 g/mol. The van der Waals surface area contributed by atoms with E-state index in [0.29, 0.717) is 5.89 Å². The van der Waals surface area contributed by atoms with Gasteiger partial charge in [0.1, 0.15) is 6.04 Å². The molecule has 0 saturated carbocycles. The highest BCUT2D eigenvalue weighted by Gasteiger charge is 2.15. The van der Waals surface area contributed by atoms with Gasteiger partial charge in [-0.1, -0.05) is 5.16 Å². The maximum Gasteiger partial charge on any atom is 0.247 e. The number of aryl methyl sites for hydroxylation is 1. The molecule has 0 bridgehead atoms. The van der Waals surface area contributed by atoms with Gasteiger partial charge in [0.25, 0.3) is 0 Å². The summed E-state index contributed by atoms with van der Waals surface area (Å²) >= 11 is 0. The van der Waals surface area contributed by atoms with Crippen LogP contribution in [-0.4, -0.2) is 19.9 Å². The van der Waals surface area contributed by atoms with Crippen molar-refractivity contribution in [2.75, 3.05) is 0 Å². The second-order valence-electron chi connectivity index (χ2n) is 2.70. The Balaban J connectivity index is 2.28. The van der Waals surface area contributed by atoms with E-state index in [4.69, 9.17) is 10.3 Å². The van der Waals surface area contributed by atoms with Gasteiger partial charge >= 0.3 is 0 Å². The lowest BCUT2D eigenvalue weighted by atomic mass is 10.2. The third-order valence-electron chi connectivity index (χ3n) is 1.73. The lowest BCUT2D eigenvalue weighted by molar-refractivity contribution is 0.366. The van der Waals surface area contributed by atoms with E-state index in [2.05, 4.69) is 15.2 Å². The zero-order chi connectivity index (χ0) is 9.26. The SMILES string of the molecule is Cn1cc(C(N)c2ncno2)cn1. The highest BCUT2D eigenvalue weighted by atomic mass is 16.5. The van der Waals surface area contributed by atoms with Crippen molar-refractivity contribution < 1.29 is 4.52 Å². The normalized spacial score (nSPS) is 13.1. The molecule has 0 saturated heterocycles. The quantitative estimate of drug-likeness (QED) is 0.693. The highest BCUT2D eigenvalue weighted by Crippen LogP contribution is 2.15. The van der Waals surface area contributed by atoms with E-state index in [-0.39, 0.29) is 0 Å². The molecule has 0 spiro atoms. The summed E-state index contributed by atoms with van der Waals surface area (Å²) in [7, 11) is 1.82. The molecule has 2 aromatic heterocycles. The van der Waals surface area contributed by atoms with Crippen LogP contribution in [0.15, 0.2) is 23.2 Å². The monoisotopic (exact) mass is 179 g/mol. The van der Waals surface area contributed by atoms with Crippen LogP contribution in [-0.2, 0) is 7.05 Å². The van der Waals surface area contributed by atoms with Crippen molar-refractivity contribution in [3.05, 3.63) is 30.2 Å². The molecule has 13 heavy (non-hydrogen) atoms. The van der Waals surface area contributed by atoms with Gasteiger partial charge in [-0.2, -0.15) is 10.1 Å². The highest BCUT2D eigenvalue weighted by molar-refractivity contribution is 5.16. The van der Waals surface area contributed by atoms with Crippen molar-refractivity contribution in [3.8, 4) is 0 Å². The summed E-state index contributed by atoms with van der Waals surface area (Å²) in [4.78, 5) is 3.86. The maximum atomic E-state index is 5.82. The molecule has 2 aromatic rings. The van der Waals surface area contributed by atoms with E-state index in [1.807, 2.05) is 13.2 Å². The summed E-state index contributed by atoms with van der Waals surface area (Å²) in [6, 6.07) is -0.392. The molecule has 0 amide bonds. The third-order valence-corrected chi connectivity index (χ3v) is 1.73. The first kappa shape index (κ1) is 7.93. The van der Waals surface area contributed by atoms with Gasteiger partial charge in [0, 0.05) is 18.8 Å². The number of nitrogens with two attached hydrogens (primary N) is 1. The van der Waals surface area contributed by atoms with Crippen molar-refractivity contribution in [3.63, 3.8) is 0 Å². The van der Waals surface area contributed by atoms with Crippen molar-refractivity contribution >= 4 is 0 Å². The van der Waals surface area contributed by atoms with Crippen LogP contribution in [0.4, 0.5) is 0 Å². The van der Waals surface area contributed by atoms with Gasteiger partial charge in [0.2, 0.25) is 5.89 Å². The number of aromatic nitrogens is 4. The average molecular weight is 179 g/mol. The molecule has 2 heterocycles. The maximum absolute atomic E-state index is 5.82. The van der Waals surface area contributed by atoms with Gasteiger partial charge in [0.15, 0.2) is 6.33 Å². The Labute approximate surface area is 74.4 Å². The van der Waals surface area contributed by atoms with Crippen molar-refractivity contribution in [2.24, 2.45) is 12.8 Å². The van der Waals surface area contributed by atoms with E-state index in [0.717, 1.165) is 5.56 Å². The van der Waals surface area contributed by atoms with Crippen molar-refractivity contribution in [1.29, 1.82) is 0 Å². The van der Waals surface area contributed by atoms with Gasteiger partial charge in [-0.05, 0) is 0 Å². The second kappa shape index (κ2) is 2.98. The van der Waals surface area contributed by atoms with E-state index < -0.39 is 6.04 Å². The van der Waals surface area contributed by atoms with Crippen LogP contribution in [0.5, 0.6) is 0 Å². The minimum Gasteiger partial charge on any atom is -0.338 e. The fraction of sp³-hybridized carbons (Fsp3) is 0.286. The summed E-state index contributed by atoms with van der Waals surface area (Å²) < 4.78 is 6.51. The Morgan fingerprint density at radius 2 is 2.46 bits per heavy atom. The summed E-state index contributed by atoms with van der Waals surface area (Å²) in [6.07, 6.45) is 4.81. The molecule has 0 aliphatic rings. The molecule has 1 unspecified atom stereocenters. The van der Waals surface area contributed by atoms with Crippen LogP contribution < -0.4 is 5.73 Å². The second-order valence-corrected chi connectivity index (χ2v) is 2.70. The molecule has 2 N–H and O–H groups in total. The Kier molecular flexibility index (Phi) is 1.82. The minimum atomic E-state index is -0.392. The van der Waals surface area contributed by atoms with E-state index in [1.165, 1.54) is 6.33 Å². The molecule has 0 aliphatic carbocycles. The van der Waals surface area contributed by atoms with E-state index >= 15 is 0 Å². The standard InChI is InChI=1S/C7H9N5O/c1-12-3-5(2-10-12)6(8)7-9-4-11-13-7/h2-4,6H,8H2,1H3. The van der Waals surface area contributed by atoms with Crippen LogP contribution in [0.2, 0.25) is 0 Å². The Hall–Kier alpha value is -1.69. The molecular formula is C7H9N5O. The lowest BCUT2D eigenvalue weighted by Gasteiger charge is -2.01. The molecule has 6 nitrogen and oxygen atoms in total. The Morgan fingerprint density at radius 1 is 1.62 bits per heavy atom. The average Bonchev–Trinajstić information content (AvgIpc) is 2.72. The lowest BCUT2D eigenvalue weighted by Crippen LogP contribution is -2.11.